The summed E-state index contributed by atoms with van der Waals surface area (Å²) >= 11 is 0. The monoisotopic (exact) mass is 263 g/mol. The zero-order chi connectivity index (χ0) is 14.4. The van der Waals surface area contributed by atoms with E-state index in [-0.39, 0.29) is 0 Å². The van der Waals surface area contributed by atoms with Gasteiger partial charge in [-0.2, -0.15) is 0 Å². The lowest BCUT2D eigenvalue weighted by molar-refractivity contribution is 0.586. The summed E-state index contributed by atoms with van der Waals surface area (Å²) in [6.45, 7) is 11.9. The molecule has 3 nitrogen and oxygen atoms in total. The van der Waals surface area contributed by atoms with E-state index in [1.54, 1.807) is 0 Å². The summed E-state index contributed by atoms with van der Waals surface area (Å²) in [4.78, 5) is 6.94. The maximum Gasteiger partial charge on any atom is 0.131 e. The van der Waals surface area contributed by atoms with Gasteiger partial charge >= 0.3 is 0 Å². The molecule has 0 fully saturated rings. The van der Waals surface area contributed by atoms with Crippen molar-refractivity contribution in [2.45, 2.75) is 66.1 Å². The summed E-state index contributed by atoms with van der Waals surface area (Å²) in [5.41, 5.74) is 2.51. The smallest absolute Gasteiger partial charge is 0.131 e. The highest BCUT2D eigenvalue weighted by molar-refractivity contribution is 5.47. The Balaban J connectivity index is 2.76. The molecule has 1 N–H and O–H groups in total. The fourth-order valence-electron chi connectivity index (χ4n) is 2.23. The van der Waals surface area contributed by atoms with Crippen LogP contribution in [0.5, 0.6) is 0 Å². The average Bonchev–Trinajstić information content (AvgIpc) is 2.36. The molecule has 1 heterocycles. The number of nitrogens with zero attached hydrogens (tertiary/aromatic N) is 2. The number of hydrogen-bond acceptors (Lipinski definition) is 3. The summed E-state index contributed by atoms with van der Waals surface area (Å²) in [5.74, 6) is 1.11. The van der Waals surface area contributed by atoms with Gasteiger partial charge in [-0.3, -0.25) is 0 Å². The first-order valence-electron chi connectivity index (χ1n) is 7.37. The molecular weight excluding hydrogens is 234 g/mol. The molecule has 0 saturated carbocycles. The number of hydrogen-bond donors (Lipinski definition) is 1. The molecule has 3 heteroatoms. The van der Waals surface area contributed by atoms with Crippen molar-refractivity contribution in [2.75, 3.05) is 11.9 Å². The molecule has 0 spiro atoms. The lowest BCUT2D eigenvalue weighted by atomic mass is 10.1. The van der Waals surface area contributed by atoms with Crippen molar-refractivity contribution in [3.63, 3.8) is 0 Å². The summed E-state index contributed by atoms with van der Waals surface area (Å²) in [5, 5.41) is 3.43. The minimum Gasteiger partial charge on any atom is -0.357 e. The van der Waals surface area contributed by atoms with Gasteiger partial charge in [0.25, 0.3) is 0 Å². The summed E-state index contributed by atoms with van der Waals surface area (Å²) in [7, 11) is 2.14. The Morgan fingerprint density at radius 3 is 2.53 bits per heavy atom. The van der Waals surface area contributed by atoms with E-state index in [4.69, 9.17) is 0 Å². The van der Waals surface area contributed by atoms with Gasteiger partial charge in [0, 0.05) is 31.9 Å². The van der Waals surface area contributed by atoms with Gasteiger partial charge in [-0.25, -0.2) is 4.98 Å². The van der Waals surface area contributed by atoms with E-state index >= 15 is 0 Å². The van der Waals surface area contributed by atoms with E-state index in [0.717, 1.165) is 12.4 Å². The molecule has 0 aromatic carbocycles. The zero-order valence-electron chi connectivity index (χ0n) is 13.3. The van der Waals surface area contributed by atoms with E-state index < -0.39 is 0 Å². The molecule has 0 aliphatic rings. The lowest BCUT2D eigenvalue weighted by Crippen LogP contribution is -2.30. The molecule has 0 radical (unpaired) electrons. The van der Waals surface area contributed by atoms with Gasteiger partial charge in [0.2, 0.25) is 0 Å². The third-order valence-electron chi connectivity index (χ3n) is 3.52. The first-order chi connectivity index (χ1) is 8.95. The molecule has 0 saturated heterocycles. The van der Waals surface area contributed by atoms with E-state index in [1.807, 2.05) is 6.20 Å². The Morgan fingerprint density at radius 1 is 1.32 bits per heavy atom. The normalized spacial score (nSPS) is 12.8. The number of pyridine rings is 1. The summed E-state index contributed by atoms with van der Waals surface area (Å²) < 4.78 is 0. The lowest BCUT2D eigenvalue weighted by Gasteiger charge is -2.27. The first-order valence-corrected chi connectivity index (χ1v) is 7.37. The Kier molecular flexibility index (Phi) is 6.29. The molecule has 0 amide bonds. The van der Waals surface area contributed by atoms with Crippen molar-refractivity contribution >= 4 is 5.82 Å². The van der Waals surface area contributed by atoms with Crippen LogP contribution >= 0.6 is 0 Å². The van der Waals surface area contributed by atoms with Gasteiger partial charge in [-0.1, -0.05) is 27.2 Å². The second-order valence-corrected chi connectivity index (χ2v) is 5.77. The molecule has 0 bridgehead atoms. The molecule has 1 atom stereocenters. The van der Waals surface area contributed by atoms with Gasteiger partial charge in [-0.15, -0.1) is 0 Å². The molecule has 19 heavy (non-hydrogen) atoms. The van der Waals surface area contributed by atoms with Crippen molar-refractivity contribution in [2.24, 2.45) is 0 Å². The number of aryl methyl sites for hydroxylation is 1. The molecule has 0 aliphatic carbocycles. The highest BCUT2D eigenvalue weighted by Crippen LogP contribution is 2.20. The number of nitrogens with one attached hydrogen (secondary N) is 1. The third-order valence-corrected chi connectivity index (χ3v) is 3.52. The highest BCUT2D eigenvalue weighted by atomic mass is 15.2. The molecule has 0 aliphatic heterocycles. The van der Waals surface area contributed by atoms with Crippen molar-refractivity contribution in [3.05, 3.63) is 23.4 Å². The van der Waals surface area contributed by atoms with Crippen LogP contribution in [-0.4, -0.2) is 24.1 Å². The summed E-state index contributed by atoms with van der Waals surface area (Å²) in [6.07, 6.45) is 4.40. The Morgan fingerprint density at radius 2 is 2.00 bits per heavy atom. The standard InChI is InChI=1S/C16H29N3/c1-7-8-14(5)19(6)16-13(4)9-15(11-18-16)10-17-12(2)3/h9,11-12,14,17H,7-8,10H2,1-6H3. The topological polar surface area (TPSA) is 28.2 Å². The SMILES string of the molecule is CCCC(C)N(C)c1ncc(CNC(C)C)cc1C. The van der Waals surface area contributed by atoms with Crippen molar-refractivity contribution in [3.8, 4) is 0 Å². The molecule has 108 valence electrons. The number of anilines is 1. The van der Waals surface area contributed by atoms with Crippen LogP contribution in [0.1, 0.15) is 51.7 Å². The van der Waals surface area contributed by atoms with E-state index in [0.29, 0.717) is 12.1 Å². The average molecular weight is 263 g/mol. The molecule has 1 aromatic rings. The second kappa shape index (κ2) is 7.49. The van der Waals surface area contributed by atoms with Crippen LogP contribution in [0, 0.1) is 6.92 Å². The third kappa shape index (κ3) is 4.83. The Labute approximate surface area is 118 Å². The fourth-order valence-corrected chi connectivity index (χ4v) is 2.23. The van der Waals surface area contributed by atoms with Gasteiger partial charge < -0.3 is 10.2 Å². The van der Waals surface area contributed by atoms with Crippen molar-refractivity contribution in [1.82, 2.24) is 10.3 Å². The second-order valence-electron chi connectivity index (χ2n) is 5.77. The van der Waals surface area contributed by atoms with Gasteiger partial charge in [0.05, 0.1) is 0 Å². The minimum absolute atomic E-state index is 0.507. The fraction of sp³-hybridized carbons (Fsp3) is 0.688. The van der Waals surface area contributed by atoms with Crippen LogP contribution in [0.25, 0.3) is 0 Å². The number of aromatic nitrogens is 1. The quantitative estimate of drug-likeness (QED) is 0.816. The molecule has 1 unspecified atom stereocenters. The van der Waals surface area contributed by atoms with Crippen LogP contribution in [0.3, 0.4) is 0 Å². The van der Waals surface area contributed by atoms with Gasteiger partial charge in [-0.05, 0) is 37.5 Å². The van der Waals surface area contributed by atoms with Crippen LogP contribution < -0.4 is 10.2 Å². The van der Waals surface area contributed by atoms with Gasteiger partial charge in [0.1, 0.15) is 5.82 Å². The predicted octanol–water partition coefficient (Wildman–Crippen LogP) is 3.51. The van der Waals surface area contributed by atoms with Crippen molar-refractivity contribution in [1.29, 1.82) is 0 Å². The summed E-state index contributed by atoms with van der Waals surface area (Å²) in [6, 6.07) is 3.29. The zero-order valence-corrected chi connectivity index (χ0v) is 13.3. The van der Waals surface area contributed by atoms with Crippen LogP contribution in [0.2, 0.25) is 0 Å². The maximum atomic E-state index is 4.65. The molecule has 1 rings (SSSR count). The van der Waals surface area contributed by atoms with Crippen molar-refractivity contribution < 1.29 is 0 Å². The Hall–Kier alpha value is -1.09. The van der Waals surface area contributed by atoms with Gasteiger partial charge in [0.15, 0.2) is 0 Å². The highest BCUT2D eigenvalue weighted by Gasteiger charge is 2.13. The Bertz CT molecular complexity index is 388. The maximum absolute atomic E-state index is 4.65. The molecule has 1 aromatic heterocycles. The largest absolute Gasteiger partial charge is 0.357 e. The number of rotatable bonds is 7. The first kappa shape index (κ1) is 16.0. The van der Waals surface area contributed by atoms with Crippen LogP contribution in [0.15, 0.2) is 12.3 Å². The van der Waals surface area contributed by atoms with E-state index in [1.165, 1.54) is 24.0 Å². The minimum atomic E-state index is 0.507. The van der Waals surface area contributed by atoms with E-state index in [2.05, 4.69) is 62.9 Å². The predicted molar refractivity (Wildman–Crippen MR) is 83.7 cm³/mol. The molecular formula is C16H29N3. The van der Waals surface area contributed by atoms with Crippen LogP contribution in [-0.2, 0) is 6.54 Å². The van der Waals surface area contributed by atoms with Crippen LogP contribution in [0.4, 0.5) is 5.82 Å². The van der Waals surface area contributed by atoms with E-state index in [9.17, 15) is 0 Å².